The molecule has 0 saturated heterocycles. The number of anilines is 1. The summed E-state index contributed by atoms with van der Waals surface area (Å²) in [5.41, 5.74) is 3.15. The normalized spacial score (nSPS) is 12.8. The van der Waals surface area contributed by atoms with Crippen molar-refractivity contribution in [3.8, 4) is 0 Å². The first kappa shape index (κ1) is 29.9. The Bertz CT molecular complexity index is 1380. The zero-order valence-electron chi connectivity index (χ0n) is 23.4. The molecule has 0 aliphatic carbocycles. The van der Waals surface area contributed by atoms with E-state index in [0.717, 1.165) is 27.4 Å². The minimum absolute atomic E-state index is 0.0512. The highest BCUT2D eigenvalue weighted by molar-refractivity contribution is 7.92. The van der Waals surface area contributed by atoms with Crippen molar-refractivity contribution in [3.05, 3.63) is 95.6 Å². The molecule has 7 nitrogen and oxygen atoms in total. The molecular formula is C31H39N3O4S. The van der Waals surface area contributed by atoms with Crippen LogP contribution in [0.2, 0.25) is 0 Å². The smallest absolute Gasteiger partial charge is 0.264 e. The van der Waals surface area contributed by atoms with Crippen LogP contribution in [0.1, 0.15) is 50.3 Å². The maximum atomic E-state index is 14.1. The molecule has 3 aromatic carbocycles. The third kappa shape index (κ3) is 7.69. The summed E-state index contributed by atoms with van der Waals surface area (Å²) in [5.74, 6) is -0.704. The summed E-state index contributed by atoms with van der Waals surface area (Å²) in [6, 6.07) is 22.1. The lowest BCUT2D eigenvalue weighted by Crippen LogP contribution is -2.53. The molecule has 3 aromatic rings. The molecular weight excluding hydrogens is 510 g/mol. The molecule has 0 aliphatic rings. The van der Waals surface area contributed by atoms with Gasteiger partial charge in [0.15, 0.2) is 0 Å². The quantitative estimate of drug-likeness (QED) is 0.336. The van der Waals surface area contributed by atoms with Crippen molar-refractivity contribution in [2.75, 3.05) is 10.8 Å². The highest BCUT2D eigenvalue weighted by Crippen LogP contribution is 2.25. The van der Waals surface area contributed by atoms with Gasteiger partial charge in [-0.2, -0.15) is 0 Å². The molecule has 8 heteroatoms. The Morgan fingerprint density at radius 1 is 0.846 bits per heavy atom. The van der Waals surface area contributed by atoms with E-state index < -0.39 is 28.5 Å². The van der Waals surface area contributed by atoms with Gasteiger partial charge in [0.1, 0.15) is 12.6 Å². The first-order valence-corrected chi connectivity index (χ1v) is 14.8. The molecule has 0 aliphatic heterocycles. The van der Waals surface area contributed by atoms with Gasteiger partial charge < -0.3 is 10.2 Å². The molecule has 1 N–H and O–H groups in total. The second-order valence-corrected chi connectivity index (χ2v) is 11.8. The SMILES string of the molecule is CCC(C)NC(=O)C(CC)N(Cc1cccc(C)c1)C(=O)CN(c1cccc(C)c1)S(=O)(=O)c1ccccc1. The second kappa shape index (κ2) is 13.4. The zero-order valence-corrected chi connectivity index (χ0v) is 24.2. The molecule has 0 saturated carbocycles. The Kier molecular flexibility index (Phi) is 10.3. The Morgan fingerprint density at radius 3 is 2.08 bits per heavy atom. The predicted octanol–water partition coefficient (Wildman–Crippen LogP) is 5.22. The van der Waals surface area contributed by atoms with Gasteiger partial charge in [-0.1, -0.05) is 74.0 Å². The molecule has 2 atom stereocenters. The van der Waals surface area contributed by atoms with Crippen molar-refractivity contribution in [1.29, 1.82) is 0 Å². The molecule has 0 spiro atoms. The summed E-state index contributed by atoms with van der Waals surface area (Å²) in [7, 11) is -4.07. The Labute approximate surface area is 232 Å². The van der Waals surface area contributed by atoms with Crippen LogP contribution in [0.25, 0.3) is 0 Å². The van der Waals surface area contributed by atoms with Crippen LogP contribution in [0.15, 0.2) is 83.8 Å². The number of carbonyl (C=O) groups excluding carboxylic acids is 2. The van der Waals surface area contributed by atoms with Crippen LogP contribution in [0.5, 0.6) is 0 Å². The van der Waals surface area contributed by atoms with Gasteiger partial charge in [0.2, 0.25) is 11.8 Å². The minimum Gasteiger partial charge on any atom is -0.352 e. The number of hydrogen-bond donors (Lipinski definition) is 1. The molecule has 0 radical (unpaired) electrons. The first-order chi connectivity index (χ1) is 18.6. The fourth-order valence-corrected chi connectivity index (χ4v) is 5.83. The molecule has 0 fully saturated rings. The lowest BCUT2D eigenvalue weighted by atomic mass is 10.1. The van der Waals surface area contributed by atoms with Gasteiger partial charge in [-0.3, -0.25) is 13.9 Å². The summed E-state index contributed by atoms with van der Waals surface area (Å²) in [6.07, 6.45) is 1.14. The molecule has 39 heavy (non-hydrogen) atoms. The Hall–Kier alpha value is -3.65. The van der Waals surface area contributed by atoms with Crippen molar-refractivity contribution in [2.45, 2.75) is 71.0 Å². The minimum atomic E-state index is -4.07. The van der Waals surface area contributed by atoms with E-state index in [2.05, 4.69) is 5.32 Å². The van der Waals surface area contributed by atoms with Crippen molar-refractivity contribution in [2.24, 2.45) is 0 Å². The van der Waals surface area contributed by atoms with Crippen LogP contribution in [0, 0.1) is 13.8 Å². The van der Waals surface area contributed by atoms with Gasteiger partial charge >= 0.3 is 0 Å². The fourth-order valence-electron chi connectivity index (χ4n) is 4.40. The van der Waals surface area contributed by atoms with E-state index in [9.17, 15) is 18.0 Å². The van der Waals surface area contributed by atoms with E-state index in [1.807, 2.05) is 65.0 Å². The topological polar surface area (TPSA) is 86.8 Å². The van der Waals surface area contributed by atoms with Gasteiger partial charge in [-0.15, -0.1) is 0 Å². The van der Waals surface area contributed by atoms with Crippen LogP contribution in [0.3, 0.4) is 0 Å². The lowest BCUT2D eigenvalue weighted by Gasteiger charge is -2.34. The second-order valence-electron chi connectivity index (χ2n) is 9.92. The standard InChI is InChI=1S/C31H39N3O4S/c1-6-25(5)32-31(36)29(7-2)33(21-26-15-11-13-23(3)19-26)30(35)22-34(27-16-12-14-24(4)20-27)39(37,38)28-17-9-8-10-18-28/h8-20,25,29H,6-7,21-22H2,1-5H3,(H,32,36). The molecule has 3 rings (SSSR count). The van der Waals surface area contributed by atoms with E-state index in [4.69, 9.17) is 0 Å². The molecule has 0 bridgehead atoms. The van der Waals surface area contributed by atoms with Crippen LogP contribution >= 0.6 is 0 Å². The summed E-state index contributed by atoms with van der Waals surface area (Å²) in [6.45, 7) is 9.33. The molecule has 0 heterocycles. The van der Waals surface area contributed by atoms with Gasteiger partial charge in [-0.05, 0) is 69.0 Å². The van der Waals surface area contributed by atoms with Crippen molar-refractivity contribution < 1.29 is 18.0 Å². The van der Waals surface area contributed by atoms with Gasteiger partial charge in [0.05, 0.1) is 10.6 Å². The van der Waals surface area contributed by atoms with Crippen LogP contribution < -0.4 is 9.62 Å². The zero-order chi connectivity index (χ0) is 28.6. The summed E-state index contributed by atoms with van der Waals surface area (Å²) in [5, 5.41) is 3.00. The third-order valence-corrected chi connectivity index (χ3v) is 8.51. The number of aryl methyl sites for hydroxylation is 2. The maximum Gasteiger partial charge on any atom is 0.264 e. The number of hydrogen-bond acceptors (Lipinski definition) is 4. The number of carbonyl (C=O) groups is 2. The van der Waals surface area contributed by atoms with Crippen LogP contribution in [0.4, 0.5) is 5.69 Å². The monoisotopic (exact) mass is 549 g/mol. The molecule has 2 unspecified atom stereocenters. The number of nitrogens with one attached hydrogen (secondary N) is 1. The number of sulfonamides is 1. The fraction of sp³-hybridized carbons (Fsp3) is 0.355. The summed E-state index contributed by atoms with van der Waals surface area (Å²) in [4.78, 5) is 29.0. The molecule has 208 valence electrons. The predicted molar refractivity (Wildman–Crippen MR) is 156 cm³/mol. The summed E-state index contributed by atoms with van der Waals surface area (Å²) >= 11 is 0. The van der Waals surface area contributed by atoms with Crippen molar-refractivity contribution in [3.63, 3.8) is 0 Å². The van der Waals surface area contributed by atoms with Gasteiger partial charge in [0, 0.05) is 12.6 Å². The van der Waals surface area contributed by atoms with Crippen molar-refractivity contribution in [1.82, 2.24) is 10.2 Å². The number of nitrogens with zero attached hydrogens (tertiary/aromatic N) is 2. The highest BCUT2D eigenvalue weighted by atomic mass is 32.2. The van der Waals surface area contributed by atoms with Gasteiger partial charge in [0.25, 0.3) is 10.0 Å². The molecule has 0 aromatic heterocycles. The first-order valence-electron chi connectivity index (χ1n) is 13.4. The highest BCUT2D eigenvalue weighted by Gasteiger charge is 2.34. The molecule has 2 amide bonds. The number of benzene rings is 3. The van der Waals surface area contributed by atoms with Crippen LogP contribution in [-0.2, 0) is 26.2 Å². The average molecular weight is 550 g/mol. The van der Waals surface area contributed by atoms with E-state index in [0.29, 0.717) is 12.1 Å². The Balaban J connectivity index is 2.05. The van der Waals surface area contributed by atoms with E-state index in [1.54, 1.807) is 36.4 Å². The maximum absolute atomic E-state index is 14.1. The third-order valence-electron chi connectivity index (χ3n) is 6.72. The van der Waals surface area contributed by atoms with Crippen molar-refractivity contribution >= 4 is 27.5 Å². The Morgan fingerprint density at radius 2 is 1.49 bits per heavy atom. The van der Waals surface area contributed by atoms with Gasteiger partial charge in [-0.25, -0.2) is 8.42 Å². The summed E-state index contributed by atoms with van der Waals surface area (Å²) < 4.78 is 28.8. The van der Waals surface area contributed by atoms with E-state index in [1.165, 1.54) is 17.0 Å². The van der Waals surface area contributed by atoms with E-state index in [-0.39, 0.29) is 23.4 Å². The number of amides is 2. The van der Waals surface area contributed by atoms with E-state index >= 15 is 0 Å². The van der Waals surface area contributed by atoms with Crippen LogP contribution in [-0.4, -0.2) is 43.8 Å². The lowest BCUT2D eigenvalue weighted by molar-refractivity contribution is -0.140. The number of rotatable bonds is 12. The largest absolute Gasteiger partial charge is 0.352 e. The average Bonchev–Trinajstić information content (AvgIpc) is 2.91.